The van der Waals surface area contributed by atoms with Crippen LogP contribution in [0, 0.1) is 11.6 Å². The van der Waals surface area contributed by atoms with E-state index in [0.717, 1.165) is 12.1 Å². The number of aliphatic hydroxyl groups excluding tert-OH is 1. The van der Waals surface area contributed by atoms with Crippen molar-refractivity contribution in [3.63, 3.8) is 0 Å². The first-order valence-corrected chi connectivity index (χ1v) is 4.59. The first-order valence-electron chi connectivity index (χ1n) is 4.59. The third kappa shape index (κ3) is 1.90. The molecule has 0 radical (unpaired) electrons. The summed E-state index contributed by atoms with van der Waals surface area (Å²) in [4.78, 5) is 7.49. The fourth-order valence-corrected chi connectivity index (χ4v) is 1.35. The van der Waals surface area contributed by atoms with Gasteiger partial charge in [-0.3, -0.25) is 0 Å². The number of hydrogen-bond donors (Lipinski definition) is 1. The molecular formula is C11H8F2N2O. The molecule has 2 aromatic rings. The van der Waals surface area contributed by atoms with Crippen molar-refractivity contribution < 1.29 is 13.9 Å². The van der Waals surface area contributed by atoms with Crippen LogP contribution < -0.4 is 0 Å². The van der Waals surface area contributed by atoms with Gasteiger partial charge in [-0.25, -0.2) is 18.7 Å². The second-order valence-electron chi connectivity index (χ2n) is 3.14. The summed E-state index contributed by atoms with van der Waals surface area (Å²) < 4.78 is 26.7. The quantitative estimate of drug-likeness (QED) is 0.843. The van der Waals surface area contributed by atoms with Crippen molar-refractivity contribution in [2.75, 3.05) is 0 Å². The largest absolute Gasteiger partial charge is 0.380 e. The van der Waals surface area contributed by atoms with Crippen molar-refractivity contribution >= 4 is 0 Å². The predicted octanol–water partition coefficient (Wildman–Crippen LogP) is 1.84. The minimum Gasteiger partial charge on any atom is -0.380 e. The molecule has 0 amide bonds. The van der Waals surface area contributed by atoms with Crippen molar-refractivity contribution in [1.82, 2.24) is 9.97 Å². The maximum atomic E-state index is 13.3. The highest BCUT2D eigenvalue weighted by atomic mass is 19.1. The lowest BCUT2D eigenvalue weighted by molar-refractivity contribution is 0.199. The van der Waals surface area contributed by atoms with E-state index in [1.54, 1.807) is 6.07 Å². The minimum absolute atomic E-state index is 0.0356. The number of halogens is 2. The van der Waals surface area contributed by atoms with Gasteiger partial charge in [-0.15, -0.1) is 0 Å². The van der Waals surface area contributed by atoms with Gasteiger partial charge >= 0.3 is 0 Å². The van der Waals surface area contributed by atoms with Gasteiger partial charge in [0.1, 0.15) is 17.7 Å². The molecule has 1 heterocycles. The van der Waals surface area contributed by atoms with E-state index < -0.39 is 23.3 Å². The Hall–Kier alpha value is -1.88. The molecule has 5 heteroatoms. The van der Waals surface area contributed by atoms with Crippen LogP contribution in [-0.4, -0.2) is 15.1 Å². The fourth-order valence-electron chi connectivity index (χ4n) is 1.35. The molecule has 2 rings (SSSR count). The smallest absolute Gasteiger partial charge is 0.161 e. The third-order valence-electron chi connectivity index (χ3n) is 2.10. The second kappa shape index (κ2) is 4.32. The molecule has 0 spiro atoms. The number of benzene rings is 1. The molecule has 0 bridgehead atoms. The summed E-state index contributed by atoms with van der Waals surface area (Å²) in [5.41, 5.74) is -0.436. The summed E-state index contributed by atoms with van der Waals surface area (Å²) in [6.45, 7) is 0. The molecule has 0 saturated carbocycles. The van der Waals surface area contributed by atoms with Crippen LogP contribution in [-0.2, 0) is 0 Å². The lowest BCUT2D eigenvalue weighted by atomic mass is 10.1. The molecule has 1 unspecified atom stereocenters. The summed E-state index contributed by atoms with van der Waals surface area (Å²) in [5.74, 6) is -1.67. The highest BCUT2D eigenvalue weighted by molar-refractivity contribution is 5.26. The van der Waals surface area contributed by atoms with Crippen molar-refractivity contribution in [2.45, 2.75) is 6.10 Å². The maximum absolute atomic E-state index is 13.3. The molecule has 0 fully saturated rings. The van der Waals surface area contributed by atoms with Crippen LogP contribution in [0.4, 0.5) is 8.78 Å². The maximum Gasteiger partial charge on any atom is 0.161 e. The van der Waals surface area contributed by atoms with Gasteiger partial charge in [0, 0.05) is 12.4 Å². The third-order valence-corrected chi connectivity index (χ3v) is 2.10. The molecule has 3 nitrogen and oxygen atoms in total. The zero-order chi connectivity index (χ0) is 11.5. The Morgan fingerprint density at radius 1 is 1.00 bits per heavy atom. The van der Waals surface area contributed by atoms with E-state index in [-0.39, 0.29) is 5.82 Å². The lowest BCUT2D eigenvalue weighted by Crippen LogP contribution is -2.09. The Kier molecular flexibility index (Phi) is 2.87. The Balaban J connectivity index is 2.46. The first kappa shape index (κ1) is 10.6. The molecule has 16 heavy (non-hydrogen) atoms. The molecule has 0 aliphatic heterocycles. The van der Waals surface area contributed by atoms with Crippen LogP contribution in [0.3, 0.4) is 0 Å². The summed E-state index contributed by atoms with van der Waals surface area (Å²) in [5, 5.41) is 9.75. The van der Waals surface area contributed by atoms with E-state index in [1.807, 2.05) is 0 Å². The summed E-state index contributed by atoms with van der Waals surface area (Å²) in [7, 11) is 0. The van der Waals surface area contributed by atoms with Gasteiger partial charge in [0.15, 0.2) is 5.82 Å². The molecular weight excluding hydrogens is 214 g/mol. The molecule has 0 aliphatic rings. The Morgan fingerprint density at radius 2 is 1.56 bits per heavy atom. The summed E-state index contributed by atoms with van der Waals surface area (Å²) >= 11 is 0. The highest BCUT2D eigenvalue weighted by Crippen LogP contribution is 2.23. The Labute approximate surface area is 90.4 Å². The number of aromatic nitrogens is 2. The molecule has 1 aromatic heterocycles. The van der Waals surface area contributed by atoms with Crippen molar-refractivity contribution in [3.8, 4) is 0 Å². The van der Waals surface area contributed by atoms with E-state index in [1.165, 1.54) is 18.5 Å². The van der Waals surface area contributed by atoms with Gasteiger partial charge in [-0.05, 0) is 18.2 Å². The van der Waals surface area contributed by atoms with Gasteiger partial charge in [0.25, 0.3) is 0 Å². The van der Waals surface area contributed by atoms with Crippen LogP contribution in [0.1, 0.15) is 17.5 Å². The monoisotopic (exact) mass is 222 g/mol. The van der Waals surface area contributed by atoms with E-state index in [0.29, 0.717) is 0 Å². The van der Waals surface area contributed by atoms with Crippen molar-refractivity contribution in [1.29, 1.82) is 0 Å². The molecule has 0 saturated heterocycles. The zero-order valence-electron chi connectivity index (χ0n) is 8.14. The number of nitrogens with zero attached hydrogens (tertiary/aromatic N) is 2. The van der Waals surface area contributed by atoms with E-state index in [4.69, 9.17) is 0 Å². The summed E-state index contributed by atoms with van der Waals surface area (Å²) in [6.07, 6.45) is 1.29. The predicted molar refractivity (Wildman–Crippen MR) is 52.5 cm³/mol. The minimum atomic E-state index is -1.50. The molecule has 82 valence electrons. The average molecular weight is 222 g/mol. The van der Waals surface area contributed by atoms with E-state index >= 15 is 0 Å². The average Bonchev–Trinajstić information content (AvgIpc) is 2.30. The molecule has 1 atom stereocenters. The summed E-state index contributed by atoms with van der Waals surface area (Å²) in [6, 6.07) is 4.93. The van der Waals surface area contributed by atoms with Gasteiger partial charge < -0.3 is 5.11 Å². The Bertz CT molecular complexity index is 470. The molecule has 1 aromatic carbocycles. The number of aliphatic hydroxyl groups is 1. The van der Waals surface area contributed by atoms with Crippen molar-refractivity contribution in [3.05, 3.63) is 59.7 Å². The first-order chi connectivity index (χ1) is 7.70. The topological polar surface area (TPSA) is 46.0 Å². The van der Waals surface area contributed by atoms with Crippen LogP contribution in [0.5, 0.6) is 0 Å². The number of rotatable bonds is 2. The van der Waals surface area contributed by atoms with Crippen LogP contribution in [0.2, 0.25) is 0 Å². The van der Waals surface area contributed by atoms with Crippen molar-refractivity contribution in [2.24, 2.45) is 0 Å². The highest BCUT2D eigenvalue weighted by Gasteiger charge is 2.21. The molecule has 0 aliphatic carbocycles. The normalized spacial score (nSPS) is 12.4. The van der Waals surface area contributed by atoms with Gasteiger partial charge in [0.2, 0.25) is 0 Å². The second-order valence-corrected chi connectivity index (χ2v) is 3.14. The lowest BCUT2D eigenvalue weighted by Gasteiger charge is -2.10. The van der Waals surface area contributed by atoms with Gasteiger partial charge in [-0.2, -0.15) is 0 Å². The van der Waals surface area contributed by atoms with Crippen LogP contribution in [0.15, 0.2) is 36.7 Å². The molecule has 1 N–H and O–H groups in total. The standard InChI is InChI=1S/C11H8F2N2O/c12-7-3-1-4-8(13)9(7)10(16)11-14-5-2-6-15-11/h1-6,10,16H. The van der Waals surface area contributed by atoms with E-state index in [9.17, 15) is 13.9 Å². The SMILES string of the molecule is OC(c1ncccn1)c1c(F)cccc1F. The fraction of sp³-hybridized carbons (Fsp3) is 0.0909. The van der Waals surface area contributed by atoms with Crippen LogP contribution in [0.25, 0.3) is 0 Å². The van der Waals surface area contributed by atoms with Crippen LogP contribution >= 0.6 is 0 Å². The van der Waals surface area contributed by atoms with Gasteiger partial charge in [0.05, 0.1) is 5.56 Å². The number of hydrogen-bond acceptors (Lipinski definition) is 3. The zero-order valence-corrected chi connectivity index (χ0v) is 8.14. The van der Waals surface area contributed by atoms with Gasteiger partial charge in [-0.1, -0.05) is 6.07 Å². The van der Waals surface area contributed by atoms with E-state index in [2.05, 4.69) is 9.97 Å². The Morgan fingerprint density at radius 3 is 2.12 bits per heavy atom.